The fourth-order valence-electron chi connectivity index (χ4n) is 4.01. The van der Waals surface area contributed by atoms with E-state index in [0.717, 1.165) is 25.7 Å². The van der Waals surface area contributed by atoms with Crippen molar-refractivity contribution < 1.29 is 19.1 Å². The van der Waals surface area contributed by atoms with Crippen molar-refractivity contribution >= 4 is 35.0 Å². The third-order valence-electron chi connectivity index (χ3n) is 5.63. The molecule has 8 heteroatoms. The monoisotopic (exact) mass is 421 g/mol. The highest BCUT2D eigenvalue weighted by molar-refractivity contribution is 6.31. The predicted molar refractivity (Wildman–Crippen MR) is 111 cm³/mol. The molecule has 1 aromatic carbocycles. The Morgan fingerprint density at radius 3 is 2.41 bits per heavy atom. The lowest BCUT2D eigenvalue weighted by molar-refractivity contribution is -0.127. The quantitative estimate of drug-likeness (QED) is 0.662. The van der Waals surface area contributed by atoms with Gasteiger partial charge in [-0.3, -0.25) is 14.4 Å². The first-order chi connectivity index (χ1) is 14.0. The van der Waals surface area contributed by atoms with Crippen LogP contribution in [0.25, 0.3) is 0 Å². The molecule has 1 aromatic rings. The molecule has 1 heterocycles. The van der Waals surface area contributed by atoms with Crippen molar-refractivity contribution in [2.45, 2.75) is 38.5 Å². The van der Waals surface area contributed by atoms with Crippen molar-refractivity contribution in [3.05, 3.63) is 23.2 Å². The van der Waals surface area contributed by atoms with Crippen LogP contribution in [0.4, 0.5) is 5.69 Å². The molecule has 1 aliphatic carbocycles. The lowest BCUT2D eigenvalue weighted by Crippen LogP contribution is -2.40. The Balaban J connectivity index is 1.47. The Hall–Kier alpha value is -2.28. The number of ether oxygens (including phenoxy) is 1. The molecule has 2 aliphatic rings. The van der Waals surface area contributed by atoms with Crippen molar-refractivity contribution in [2.24, 2.45) is 11.8 Å². The van der Waals surface area contributed by atoms with Crippen LogP contribution in [0.2, 0.25) is 5.02 Å². The summed E-state index contributed by atoms with van der Waals surface area (Å²) in [4.78, 5) is 38.6. The Labute approximate surface area is 176 Å². The normalized spacial score (nSPS) is 19.9. The second-order valence-corrected chi connectivity index (χ2v) is 8.07. The molecule has 2 N–H and O–H groups in total. The van der Waals surface area contributed by atoms with Crippen molar-refractivity contribution in [3.63, 3.8) is 0 Å². The molecule has 1 saturated heterocycles. The van der Waals surface area contributed by atoms with E-state index in [4.69, 9.17) is 16.3 Å². The molecular weight excluding hydrogens is 394 g/mol. The molecule has 1 saturated carbocycles. The number of nitrogens with one attached hydrogen (secondary N) is 2. The number of halogens is 1. The Bertz CT molecular complexity index is 764. The molecule has 0 aromatic heterocycles. The topological polar surface area (TPSA) is 87.7 Å². The number of rotatable bonds is 7. The molecule has 3 amide bonds. The summed E-state index contributed by atoms with van der Waals surface area (Å²) in [6, 6.07) is 5.06. The van der Waals surface area contributed by atoms with Gasteiger partial charge in [-0.25, -0.2) is 0 Å². The molecule has 1 aliphatic heterocycles. The maximum absolute atomic E-state index is 12.5. The van der Waals surface area contributed by atoms with Gasteiger partial charge in [0.1, 0.15) is 5.75 Å². The van der Waals surface area contributed by atoms with E-state index in [-0.39, 0.29) is 36.6 Å². The summed E-state index contributed by atoms with van der Waals surface area (Å²) < 4.78 is 5.32. The predicted octanol–water partition coefficient (Wildman–Crippen LogP) is 2.51. The number of carbonyl (C=O) groups is 3. The van der Waals surface area contributed by atoms with E-state index in [0.29, 0.717) is 29.5 Å². The number of amides is 3. The molecule has 0 bridgehead atoms. The second-order valence-electron chi connectivity index (χ2n) is 7.64. The van der Waals surface area contributed by atoms with Crippen LogP contribution in [0.1, 0.15) is 38.5 Å². The molecule has 1 atom stereocenters. The van der Waals surface area contributed by atoms with Crippen LogP contribution in [0, 0.1) is 11.8 Å². The van der Waals surface area contributed by atoms with Crippen molar-refractivity contribution in [1.82, 2.24) is 10.6 Å². The molecule has 2 fully saturated rings. The average molecular weight is 422 g/mol. The van der Waals surface area contributed by atoms with Crippen molar-refractivity contribution in [3.8, 4) is 5.75 Å². The Morgan fingerprint density at radius 2 is 1.76 bits per heavy atom. The summed E-state index contributed by atoms with van der Waals surface area (Å²) in [5.41, 5.74) is 0.569. The Kier molecular flexibility index (Phi) is 7.36. The molecule has 158 valence electrons. The first kappa shape index (κ1) is 21.4. The van der Waals surface area contributed by atoms with E-state index in [1.54, 1.807) is 23.1 Å². The second kappa shape index (κ2) is 9.96. The maximum atomic E-state index is 12.5. The van der Waals surface area contributed by atoms with Gasteiger partial charge in [0.15, 0.2) is 0 Å². The zero-order valence-electron chi connectivity index (χ0n) is 16.7. The summed E-state index contributed by atoms with van der Waals surface area (Å²) in [5.74, 6) is -0.0538. The van der Waals surface area contributed by atoms with E-state index in [1.807, 2.05) is 0 Å². The van der Waals surface area contributed by atoms with Crippen LogP contribution in [-0.2, 0) is 14.4 Å². The van der Waals surface area contributed by atoms with Gasteiger partial charge >= 0.3 is 0 Å². The van der Waals surface area contributed by atoms with Gasteiger partial charge in [-0.1, -0.05) is 30.9 Å². The summed E-state index contributed by atoms with van der Waals surface area (Å²) in [6.07, 6.45) is 5.46. The Morgan fingerprint density at radius 1 is 1.10 bits per heavy atom. The number of anilines is 1. The molecule has 0 radical (unpaired) electrons. The van der Waals surface area contributed by atoms with E-state index >= 15 is 0 Å². The lowest BCUT2D eigenvalue weighted by Gasteiger charge is -2.21. The lowest BCUT2D eigenvalue weighted by atomic mass is 9.89. The standard InChI is InChI=1S/C21H28ClN3O4/c1-29-18-8-7-16(22)12-17(18)25-13-15(11-19(25)26)21(28)24-10-9-23-20(27)14-5-3-2-4-6-14/h7-8,12,14-15H,2-6,9-11,13H2,1H3,(H,23,27)(H,24,28). The van der Waals surface area contributed by atoms with Crippen LogP contribution < -0.4 is 20.3 Å². The van der Waals surface area contributed by atoms with Crippen LogP contribution in [0.15, 0.2) is 18.2 Å². The van der Waals surface area contributed by atoms with Crippen molar-refractivity contribution in [2.75, 3.05) is 31.6 Å². The highest BCUT2D eigenvalue weighted by Crippen LogP contribution is 2.35. The van der Waals surface area contributed by atoms with E-state index in [2.05, 4.69) is 10.6 Å². The van der Waals surface area contributed by atoms with Gasteiger partial charge in [-0.15, -0.1) is 0 Å². The summed E-state index contributed by atoms with van der Waals surface area (Å²) in [5, 5.41) is 6.22. The van der Waals surface area contributed by atoms with Crippen LogP contribution in [-0.4, -0.2) is 44.5 Å². The van der Waals surface area contributed by atoms with Gasteiger partial charge in [-0.2, -0.15) is 0 Å². The third kappa shape index (κ3) is 5.41. The zero-order valence-corrected chi connectivity index (χ0v) is 17.5. The molecule has 0 spiro atoms. The minimum absolute atomic E-state index is 0.0780. The number of hydrogen-bond acceptors (Lipinski definition) is 4. The van der Waals surface area contributed by atoms with Gasteiger partial charge < -0.3 is 20.3 Å². The zero-order chi connectivity index (χ0) is 20.8. The minimum Gasteiger partial charge on any atom is -0.495 e. The maximum Gasteiger partial charge on any atom is 0.227 e. The van der Waals surface area contributed by atoms with Gasteiger partial charge in [-0.05, 0) is 31.0 Å². The number of nitrogens with zero attached hydrogens (tertiary/aromatic N) is 1. The number of hydrogen-bond donors (Lipinski definition) is 2. The van der Waals surface area contributed by atoms with Crippen LogP contribution in [0.3, 0.4) is 0 Å². The summed E-state index contributed by atoms with van der Waals surface area (Å²) >= 11 is 6.06. The van der Waals surface area contributed by atoms with Crippen LogP contribution >= 0.6 is 11.6 Å². The summed E-state index contributed by atoms with van der Waals surface area (Å²) in [6.45, 7) is 1.02. The minimum atomic E-state index is -0.444. The van der Waals surface area contributed by atoms with Crippen LogP contribution in [0.5, 0.6) is 5.75 Å². The van der Waals surface area contributed by atoms with Gasteiger partial charge in [0.05, 0.1) is 18.7 Å². The van der Waals surface area contributed by atoms with E-state index in [9.17, 15) is 14.4 Å². The molecule has 29 heavy (non-hydrogen) atoms. The highest BCUT2D eigenvalue weighted by Gasteiger charge is 2.36. The fourth-order valence-corrected chi connectivity index (χ4v) is 4.18. The fraction of sp³-hybridized carbons (Fsp3) is 0.571. The van der Waals surface area contributed by atoms with E-state index in [1.165, 1.54) is 13.5 Å². The highest BCUT2D eigenvalue weighted by atomic mass is 35.5. The number of carbonyl (C=O) groups excluding carboxylic acids is 3. The molecule has 3 rings (SSSR count). The van der Waals surface area contributed by atoms with Crippen molar-refractivity contribution in [1.29, 1.82) is 0 Å². The third-order valence-corrected chi connectivity index (χ3v) is 5.86. The number of methoxy groups -OCH3 is 1. The van der Waals surface area contributed by atoms with Gasteiger partial charge in [0.2, 0.25) is 17.7 Å². The first-order valence-corrected chi connectivity index (χ1v) is 10.6. The largest absolute Gasteiger partial charge is 0.495 e. The SMILES string of the molecule is COc1ccc(Cl)cc1N1CC(C(=O)NCCNC(=O)C2CCCCC2)CC1=O. The van der Waals surface area contributed by atoms with Gasteiger partial charge in [0.25, 0.3) is 0 Å². The molecule has 7 nitrogen and oxygen atoms in total. The summed E-state index contributed by atoms with van der Waals surface area (Å²) in [7, 11) is 1.53. The average Bonchev–Trinajstić information content (AvgIpc) is 3.13. The van der Waals surface area contributed by atoms with E-state index < -0.39 is 5.92 Å². The molecule has 1 unspecified atom stereocenters. The smallest absolute Gasteiger partial charge is 0.227 e. The van der Waals surface area contributed by atoms with Gasteiger partial charge in [0, 0.05) is 37.0 Å². The first-order valence-electron chi connectivity index (χ1n) is 10.2. The molecular formula is C21H28ClN3O4. The number of benzene rings is 1.